The molecule has 1 atom stereocenters. The molecule has 2 heterocycles. The molecule has 1 fully saturated rings. The standard InChI is InChI=1S/C28H29Cl2N3O/c29-22-8-10-27-25(17-22)26-18-23(30)9-11-28(26)33(27)20-24(34)19-32-15-13-31(14-16-32)12-4-7-21-5-2-1-3-6-21/h1-11,17-18,24,34H,12-16,19-20H2/p+2/t24-/m1/s1. The minimum absolute atomic E-state index is 0.417. The maximum Gasteiger partial charge on any atom is 0.127 e. The third-order valence-electron chi connectivity index (χ3n) is 6.89. The lowest BCUT2D eigenvalue weighted by atomic mass is 10.1. The molecule has 1 saturated heterocycles. The van der Waals surface area contributed by atoms with Gasteiger partial charge in [0.25, 0.3) is 0 Å². The summed E-state index contributed by atoms with van der Waals surface area (Å²) in [5, 5.41) is 14.6. The van der Waals surface area contributed by atoms with Gasteiger partial charge < -0.3 is 19.5 Å². The topological polar surface area (TPSA) is 34.0 Å². The molecule has 0 unspecified atom stereocenters. The molecule has 1 aromatic heterocycles. The van der Waals surface area contributed by atoms with Gasteiger partial charge in [0.15, 0.2) is 0 Å². The molecule has 0 radical (unpaired) electrons. The molecule has 0 amide bonds. The van der Waals surface area contributed by atoms with Gasteiger partial charge in [0.2, 0.25) is 0 Å². The molecule has 3 N–H and O–H groups in total. The van der Waals surface area contributed by atoms with Crippen LogP contribution in [0.2, 0.25) is 10.0 Å². The number of halogens is 2. The lowest BCUT2D eigenvalue weighted by Crippen LogP contribution is -3.28. The summed E-state index contributed by atoms with van der Waals surface area (Å²) in [6, 6.07) is 22.3. The minimum Gasteiger partial charge on any atom is -0.385 e. The van der Waals surface area contributed by atoms with Crippen molar-refractivity contribution in [3.63, 3.8) is 0 Å². The molecule has 5 rings (SSSR count). The van der Waals surface area contributed by atoms with E-state index in [1.807, 2.05) is 42.5 Å². The Morgan fingerprint density at radius 1 is 0.824 bits per heavy atom. The summed E-state index contributed by atoms with van der Waals surface area (Å²) in [7, 11) is 0. The number of nitrogens with one attached hydrogen (secondary N) is 2. The number of nitrogens with zero attached hydrogens (tertiary/aromatic N) is 1. The summed E-state index contributed by atoms with van der Waals surface area (Å²) in [6.45, 7) is 6.81. The molecule has 3 aromatic carbocycles. The molecule has 4 aromatic rings. The van der Waals surface area contributed by atoms with Crippen LogP contribution in [-0.4, -0.2) is 55.0 Å². The number of aliphatic hydroxyl groups excluding tert-OH is 1. The molecule has 1 aliphatic heterocycles. The maximum absolute atomic E-state index is 11.0. The van der Waals surface area contributed by atoms with Crippen molar-refractivity contribution in [1.82, 2.24) is 4.57 Å². The predicted molar refractivity (Wildman–Crippen MR) is 142 cm³/mol. The number of hydrogen-bond acceptors (Lipinski definition) is 1. The van der Waals surface area contributed by atoms with E-state index in [1.54, 1.807) is 4.90 Å². The fourth-order valence-corrected chi connectivity index (χ4v) is 5.49. The quantitative estimate of drug-likeness (QED) is 0.362. The fraction of sp³-hybridized carbons (Fsp3) is 0.286. The van der Waals surface area contributed by atoms with Crippen LogP contribution >= 0.6 is 23.2 Å². The smallest absolute Gasteiger partial charge is 0.127 e. The number of benzene rings is 3. The number of quaternary nitrogens is 2. The molecular formula is C28H31Cl2N3O+2. The van der Waals surface area contributed by atoms with Crippen LogP contribution in [0.25, 0.3) is 27.9 Å². The van der Waals surface area contributed by atoms with Crippen molar-refractivity contribution in [1.29, 1.82) is 0 Å². The van der Waals surface area contributed by atoms with Crippen molar-refractivity contribution >= 4 is 51.1 Å². The number of rotatable bonds is 7. The predicted octanol–water partition coefficient (Wildman–Crippen LogP) is 2.96. The molecule has 0 aliphatic carbocycles. The number of aromatic nitrogens is 1. The third kappa shape index (κ3) is 5.32. The zero-order chi connectivity index (χ0) is 23.5. The molecule has 1 aliphatic rings. The van der Waals surface area contributed by atoms with E-state index in [0.717, 1.165) is 61.1 Å². The Balaban J connectivity index is 1.20. The summed E-state index contributed by atoms with van der Waals surface area (Å²) < 4.78 is 2.21. The number of fused-ring (bicyclic) bond motifs is 3. The largest absolute Gasteiger partial charge is 0.385 e. The second-order valence-corrected chi connectivity index (χ2v) is 10.2. The summed E-state index contributed by atoms with van der Waals surface area (Å²) in [5.41, 5.74) is 3.41. The van der Waals surface area contributed by atoms with Gasteiger partial charge in [0, 0.05) is 31.9 Å². The molecule has 176 valence electrons. The van der Waals surface area contributed by atoms with Gasteiger partial charge >= 0.3 is 0 Å². The number of aliphatic hydroxyl groups is 1. The molecule has 0 spiro atoms. The summed E-state index contributed by atoms with van der Waals surface area (Å²) >= 11 is 12.6. The second kappa shape index (κ2) is 10.5. The highest BCUT2D eigenvalue weighted by Gasteiger charge is 2.25. The molecule has 6 heteroatoms. The first-order chi connectivity index (χ1) is 16.6. The monoisotopic (exact) mass is 495 g/mol. The Labute approximate surface area is 210 Å². The van der Waals surface area contributed by atoms with Crippen molar-refractivity contribution in [3.8, 4) is 0 Å². The van der Waals surface area contributed by atoms with Gasteiger partial charge in [-0.05, 0) is 48.0 Å². The normalized spacial score (nSPS) is 19.9. The highest BCUT2D eigenvalue weighted by atomic mass is 35.5. The minimum atomic E-state index is -0.417. The van der Waals surface area contributed by atoms with Crippen molar-refractivity contribution in [3.05, 3.63) is 88.4 Å². The van der Waals surface area contributed by atoms with E-state index >= 15 is 0 Å². The highest BCUT2D eigenvalue weighted by molar-refractivity contribution is 6.33. The average Bonchev–Trinajstić information content (AvgIpc) is 3.12. The second-order valence-electron chi connectivity index (χ2n) is 9.31. The molecule has 34 heavy (non-hydrogen) atoms. The van der Waals surface area contributed by atoms with Crippen LogP contribution in [0.15, 0.2) is 72.8 Å². The summed E-state index contributed by atoms with van der Waals surface area (Å²) in [4.78, 5) is 3.09. The van der Waals surface area contributed by atoms with E-state index in [9.17, 15) is 5.11 Å². The summed E-state index contributed by atoms with van der Waals surface area (Å²) in [6.07, 6.45) is 4.08. The Hall–Kier alpha value is -2.34. The van der Waals surface area contributed by atoms with Gasteiger partial charge in [-0.15, -0.1) is 0 Å². The number of hydrogen-bond donors (Lipinski definition) is 3. The van der Waals surface area contributed by atoms with Crippen LogP contribution in [0.3, 0.4) is 0 Å². The SMILES string of the molecule is O[C@@H](Cn1c2ccc(Cl)cc2c2cc(Cl)ccc21)C[NH+]1CC[NH+](CC=Cc2ccccc2)CC1. The lowest BCUT2D eigenvalue weighted by Gasteiger charge is -2.30. The van der Waals surface area contributed by atoms with Crippen LogP contribution in [0.1, 0.15) is 5.56 Å². The van der Waals surface area contributed by atoms with Crippen LogP contribution in [0, 0.1) is 0 Å². The molecular weight excluding hydrogens is 465 g/mol. The van der Waals surface area contributed by atoms with E-state index in [2.05, 4.69) is 41.0 Å². The first kappa shape index (κ1) is 23.4. The van der Waals surface area contributed by atoms with Gasteiger partial charge in [-0.1, -0.05) is 59.6 Å². The van der Waals surface area contributed by atoms with Gasteiger partial charge in [0.1, 0.15) is 38.8 Å². The van der Waals surface area contributed by atoms with Crippen LogP contribution in [0.5, 0.6) is 0 Å². The summed E-state index contributed by atoms with van der Waals surface area (Å²) in [5.74, 6) is 0. The first-order valence-electron chi connectivity index (χ1n) is 12.0. The first-order valence-corrected chi connectivity index (χ1v) is 12.8. The van der Waals surface area contributed by atoms with Gasteiger partial charge in [-0.3, -0.25) is 0 Å². The lowest BCUT2D eigenvalue weighted by molar-refractivity contribution is -1.01. The van der Waals surface area contributed by atoms with Crippen molar-refractivity contribution in [2.24, 2.45) is 0 Å². The van der Waals surface area contributed by atoms with Crippen molar-refractivity contribution in [2.45, 2.75) is 12.6 Å². The Morgan fingerprint density at radius 3 is 2.03 bits per heavy atom. The van der Waals surface area contributed by atoms with E-state index in [0.29, 0.717) is 16.6 Å². The average molecular weight is 496 g/mol. The van der Waals surface area contributed by atoms with Gasteiger partial charge in [-0.25, -0.2) is 0 Å². The fourth-order valence-electron chi connectivity index (χ4n) is 5.14. The zero-order valence-electron chi connectivity index (χ0n) is 19.2. The molecule has 4 nitrogen and oxygen atoms in total. The molecule has 0 bridgehead atoms. The van der Waals surface area contributed by atoms with Crippen molar-refractivity contribution in [2.75, 3.05) is 39.3 Å². The molecule has 0 saturated carbocycles. The van der Waals surface area contributed by atoms with Crippen LogP contribution in [-0.2, 0) is 6.54 Å². The van der Waals surface area contributed by atoms with Gasteiger partial charge in [0.05, 0.1) is 13.1 Å². The maximum atomic E-state index is 11.0. The number of piperazine rings is 1. The highest BCUT2D eigenvalue weighted by Crippen LogP contribution is 2.32. The van der Waals surface area contributed by atoms with Crippen molar-refractivity contribution < 1.29 is 14.9 Å². The Kier molecular flexibility index (Phi) is 7.23. The van der Waals surface area contributed by atoms with Crippen LogP contribution in [0.4, 0.5) is 0 Å². The van der Waals surface area contributed by atoms with E-state index in [4.69, 9.17) is 23.2 Å². The zero-order valence-corrected chi connectivity index (χ0v) is 20.7. The van der Waals surface area contributed by atoms with Gasteiger partial charge in [-0.2, -0.15) is 0 Å². The Morgan fingerprint density at radius 2 is 1.41 bits per heavy atom. The van der Waals surface area contributed by atoms with Crippen LogP contribution < -0.4 is 9.80 Å². The van der Waals surface area contributed by atoms with E-state index in [-0.39, 0.29) is 0 Å². The van der Waals surface area contributed by atoms with E-state index < -0.39 is 6.10 Å². The third-order valence-corrected chi connectivity index (χ3v) is 7.36. The Bertz CT molecular complexity index is 1230. The van der Waals surface area contributed by atoms with E-state index in [1.165, 1.54) is 10.5 Å².